The fraction of sp³-hybridized carbons (Fsp3) is 0.448. The highest BCUT2D eigenvalue weighted by molar-refractivity contribution is 5.57. The lowest BCUT2D eigenvalue weighted by Gasteiger charge is -2.19. The number of allylic oxidation sites excluding steroid dienone is 10. The molecule has 1 saturated heterocycles. The number of halogens is 6. The molecule has 8 heteroatoms. The molecule has 0 unspecified atom stereocenters. The summed E-state index contributed by atoms with van der Waals surface area (Å²) in [5.41, 5.74) is 3.15. The highest BCUT2D eigenvalue weighted by atomic mass is 19.4. The van der Waals surface area contributed by atoms with Crippen LogP contribution in [0.15, 0.2) is 76.1 Å². The Morgan fingerprint density at radius 2 is 1.81 bits per heavy atom. The fourth-order valence-corrected chi connectivity index (χ4v) is 3.73. The molecule has 1 fully saturated rings. The standard InChI is InChI=1S/C22H31F4N.C7H7F2N/c1-6-10-18(22(24,25)26)13-21(17(8-3)15-23)20(16(4)7-2)14-19-11-9-12-27(19)5;1-10-5-2-3-6(8)7(9)4-5/h8,10,13-14H,6-7,9,11-12,15H2,1-5H3;2-4,10H,1H3/b17-8-,18-10-,19-14-,20-16?,21-13+;. The summed E-state index contributed by atoms with van der Waals surface area (Å²) in [6.45, 7) is 7.30. The van der Waals surface area contributed by atoms with Crippen LogP contribution in [0, 0.1) is 11.6 Å². The SMILES string of the molecule is CNc1ccc(F)c(F)c1.C\C=C(CF)/C(=C\C(=C\CC)C(F)(F)F)C(/C=C1/CCCN1C)=C(C)CC. The van der Waals surface area contributed by atoms with Crippen molar-refractivity contribution in [3.63, 3.8) is 0 Å². The van der Waals surface area contributed by atoms with Gasteiger partial charge in [-0.2, -0.15) is 13.2 Å². The number of rotatable bonds is 8. The normalized spacial score (nSPS) is 17.0. The molecule has 1 aromatic rings. The van der Waals surface area contributed by atoms with E-state index < -0.39 is 30.1 Å². The van der Waals surface area contributed by atoms with Crippen LogP contribution in [-0.2, 0) is 0 Å². The Kier molecular flexibility index (Phi) is 13.4. The molecular weight excluding hydrogens is 490 g/mol. The van der Waals surface area contributed by atoms with E-state index in [1.165, 1.54) is 6.07 Å². The maximum atomic E-state index is 13.7. The predicted octanol–water partition coefficient (Wildman–Crippen LogP) is 9.07. The number of benzene rings is 1. The molecule has 0 radical (unpaired) electrons. The molecule has 0 spiro atoms. The van der Waals surface area contributed by atoms with Crippen molar-refractivity contribution in [1.82, 2.24) is 4.90 Å². The van der Waals surface area contributed by atoms with Gasteiger partial charge < -0.3 is 10.2 Å². The van der Waals surface area contributed by atoms with E-state index in [4.69, 9.17) is 0 Å². The highest BCUT2D eigenvalue weighted by Crippen LogP contribution is 2.34. The minimum Gasteiger partial charge on any atom is -0.388 e. The van der Waals surface area contributed by atoms with E-state index >= 15 is 0 Å². The van der Waals surface area contributed by atoms with Gasteiger partial charge in [0.05, 0.1) is 5.57 Å². The van der Waals surface area contributed by atoms with Crippen LogP contribution in [0.3, 0.4) is 0 Å². The van der Waals surface area contributed by atoms with Crippen LogP contribution in [-0.4, -0.2) is 38.4 Å². The van der Waals surface area contributed by atoms with Gasteiger partial charge in [0.15, 0.2) is 11.6 Å². The van der Waals surface area contributed by atoms with Crippen LogP contribution in [0.1, 0.15) is 53.4 Å². The van der Waals surface area contributed by atoms with Gasteiger partial charge >= 0.3 is 6.18 Å². The first kappa shape index (κ1) is 32.1. The second-order valence-electron chi connectivity index (χ2n) is 8.66. The second-order valence-corrected chi connectivity index (χ2v) is 8.66. The fourth-order valence-electron chi connectivity index (χ4n) is 3.73. The minimum atomic E-state index is -4.47. The molecule has 1 aliphatic heterocycles. The molecule has 1 N–H and O–H groups in total. The number of nitrogens with zero attached hydrogens (tertiary/aromatic N) is 1. The molecule has 0 aromatic heterocycles. The van der Waals surface area contributed by atoms with Crippen molar-refractivity contribution in [3.8, 4) is 0 Å². The molecule has 1 heterocycles. The van der Waals surface area contributed by atoms with Gasteiger partial charge in [-0.25, -0.2) is 13.2 Å². The van der Waals surface area contributed by atoms with Crippen LogP contribution in [0.25, 0.3) is 0 Å². The zero-order valence-electron chi connectivity index (χ0n) is 22.5. The van der Waals surface area contributed by atoms with Gasteiger partial charge in [0.1, 0.15) is 6.67 Å². The van der Waals surface area contributed by atoms with Gasteiger partial charge in [-0.3, -0.25) is 0 Å². The molecule has 0 amide bonds. The Balaban J connectivity index is 0.000000568. The molecule has 0 saturated carbocycles. The first-order chi connectivity index (χ1) is 17.4. The lowest BCUT2D eigenvalue weighted by molar-refractivity contribution is -0.0884. The lowest BCUT2D eigenvalue weighted by Crippen LogP contribution is -2.13. The third kappa shape index (κ3) is 9.82. The first-order valence-corrected chi connectivity index (χ1v) is 12.4. The number of likely N-dealkylation sites (tertiary alicyclic amines) is 1. The number of hydrogen-bond donors (Lipinski definition) is 1. The molecule has 37 heavy (non-hydrogen) atoms. The van der Waals surface area contributed by atoms with Crippen molar-refractivity contribution >= 4 is 5.69 Å². The van der Waals surface area contributed by atoms with E-state index in [1.54, 1.807) is 27.0 Å². The monoisotopic (exact) mass is 528 g/mol. The number of nitrogens with one attached hydrogen (secondary N) is 1. The Morgan fingerprint density at radius 3 is 2.24 bits per heavy atom. The third-order valence-electron chi connectivity index (χ3n) is 6.11. The van der Waals surface area contributed by atoms with E-state index in [9.17, 15) is 26.3 Å². The largest absolute Gasteiger partial charge is 0.416 e. The van der Waals surface area contributed by atoms with Crippen molar-refractivity contribution in [2.24, 2.45) is 0 Å². The highest BCUT2D eigenvalue weighted by Gasteiger charge is 2.32. The average molecular weight is 529 g/mol. The maximum Gasteiger partial charge on any atom is 0.416 e. The van der Waals surface area contributed by atoms with Gasteiger partial charge in [0, 0.05) is 32.0 Å². The molecule has 2 nitrogen and oxygen atoms in total. The van der Waals surface area contributed by atoms with Crippen LogP contribution in [0.5, 0.6) is 0 Å². The average Bonchev–Trinajstić information content (AvgIpc) is 3.27. The summed E-state index contributed by atoms with van der Waals surface area (Å²) in [5.74, 6) is -1.65. The predicted molar refractivity (Wildman–Crippen MR) is 141 cm³/mol. The Morgan fingerprint density at radius 1 is 1.14 bits per heavy atom. The number of alkyl halides is 4. The smallest absolute Gasteiger partial charge is 0.388 e. The second kappa shape index (κ2) is 15.4. The topological polar surface area (TPSA) is 15.3 Å². The zero-order valence-corrected chi connectivity index (χ0v) is 22.5. The van der Waals surface area contributed by atoms with Crippen molar-refractivity contribution < 1.29 is 26.3 Å². The summed E-state index contributed by atoms with van der Waals surface area (Å²) < 4.78 is 78.7. The van der Waals surface area contributed by atoms with E-state index in [2.05, 4.69) is 10.2 Å². The summed E-state index contributed by atoms with van der Waals surface area (Å²) in [6.07, 6.45) is 4.13. The van der Waals surface area contributed by atoms with Crippen molar-refractivity contribution in [1.29, 1.82) is 0 Å². The molecule has 2 rings (SSSR count). The van der Waals surface area contributed by atoms with Crippen molar-refractivity contribution in [2.45, 2.75) is 59.6 Å². The Labute approximate surface area is 217 Å². The summed E-state index contributed by atoms with van der Waals surface area (Å²) in [6, 6.07) is 3.66. The molecule has 0 bridgehead atoms. The molecule has 0 atom stereocenters. The molecular formula is C29H38F6N2. The molecule has 1 aliphatic rings. The molecule has 206 valence electrons. The minimum absolute atomic E-state index is 0.259. The number of hydrogen-bond acceptors (Lipinski definition) is 2. The lowest BCUT2D eigenvalue weighted by atomic mass is 9.90. The molecule has 0 aliphatic carbocycles. The van der Waals surface area contributed by atoms with Gasteiger partial charge in [-0.1, -0.05) is 31.6 Å². The maximum absolute atomic E-state index is 13.7. The van der Waals surface area contributed by atoms with Crippen LogP contribution in [0.4, 0.5) is 32.0 Å². The summed E-state index contributed by atoms with van der Waals surface area (Å²) in [4.78, 5) is 2.11. The van der Waals surface area contributed by atoms with E-state index in [1.807, 2.05) is 27.0 Å². The van der Waals surface area contributed by atoms with Crippen molar-refractivity contribution in [3.05, 3.63) is 87.7 Å². The van der Waals surface area contributed by atoms with Gasteiger partial charge in [-0.05, 0) is 86.6 Å². The summed E-state index contributed by atoms with van der Waals surface area (Å²) in [7, 11) is 3.62. The number of anilines is 1. The van der Waals surface area contributed by atoms with Gasteiger partial charge in [0.25, 0.3) is 0 Å². The van der Waals surface area contributed by atoms with E-state index in [0.29, 0.717) is 23.3 Å². The van der Waals surface area contributed by atoms with E-state index in [-0.39, 0.29) is 12.0 Å². The Bertz CT molecular complexity index is 1040. The van der Waals surface area contributed by atoms with E-state index in [0.717, 1.165) is 54.9 Å². The van der Waals surface area contributed by atoms with Crippen LogP contribution in [0.2, 0.25) is 0 Å². The molecule has 1 aromatic carbocycles. The third-order valence-corrected chi connectivity index (χ3v) is 6.11. The van der Waals surface area contributed by atoms with Crippen molar-refractivity contribution in [2.75, 3.05) is 32.6 Å². The zero-order chi connectivity index (χ0) is 28.2. The Hall–Kier alpha value is -2.90. The van der Waals surface area contributed by atoms with Gasteiger partial charge in [0.2, 0.25) is 0 Å². The van der Waals surface area contributed by atoms with Crippen LogP contribution >= 0.6 is 0 Å². The van der Waals surface area contributed by atoms with Crippen LogP contribution < -0.4 is 5.32 Å². The first-order valence-electron chi connectivity index (χ1n) is 12.4. The quantitative estimate of drug-likeness (QED) is 0.267. The summed E-state index contributed by atoms with van der Waals surface area (Å²) in [5, 5.41) is 2.69. The summed E-state index contributed by atoms with van der Waals surface area (Å²) >= 11 is 0. The van der Waals surface area contributed by atoms with Gasteiger partial charge in [-0.15, -0.1) is 0 Å².